The fourth-order valence-corrected chi connectivity index (χ4v) is 4.39. The second-order valence-electron chi connectivity index (χ2n) is 7.77. The topological polar surface area (TPSA) is 21.3 Å². The van der Waals surface area contributed by atoms with Gasteiger partial charge in [-0.3, -0.25) is 0 Å². The van der Waals surface area contributed by atoms with Gasteiger partial charge < -0.3 is 10.1 Å². The van der Waals surface area contributed by atoms with Gasteiger partial charge in [0.25, 0.3) is 0 Å². The van der Waals surface area contributed by atoms with Crippen LogP contribution in [0.1, 0.15) is 51.0 Å². The Morgan fingerprint density at radius 2 is 2.05 bits per heavy atom. The first-order chi connectivity index (χ1) is 10.1. The standard InChI is InChI=1S/C19H29NO/c1-19(2)9-8-14(12-20-3)15(11-19)10-16-13-21-18-7-5-4-6-17(16)18/h4-7,14-16,20H,8-13H2,1-3H3. The number of fused-ring (bicyclic) bond motifs is 1. The van der Waals surface area contributed by atoms with Gasteiger partial charge in [-0.2, -0.15) is 0 Å². The normalized spacial score (nSPS) is 30.7. The Morgan fingerprint density at radius 1 is 1.24 bits per heavy atom. The first-order valence-electron chi connectivity index (χ1n) is 8.45. The lowest BCUT2D eigenvalue weighted by Gasteiger charge is -2.41. The number of hydrogen-bond acceptors (Lipinski definition) is 2. The average Bonchev–Trinajstić information content (AvgIpc) is 2.85. The summed E-state index contributed by atoms with van der Waals surface area (Å²) in [5.41, 5.74) is 1.94. The monoisotopic (exact) mass is 287 g/mol. The molecule has 1 heterocycles. The van der Waals surface area contributed by atoms with Crippen LogP contribution in [0.3, 0.4) is 0 Å². The highest BCUT2D eigenvalue weighted by molar-refractivity contribution is 5.39. The smallest absolute Gasteiger partial charge is 0.122 e. The summed E-state index contributed by atoms with van der Waals surface area (Å²) in [6.45, 7) is 6.92. The Balaban J connectivity index is 1.72. The Morgan fingerprint density at radius 3 is 2.86 bits per heavy atom. The maximum Gasteiger partial charge on any atom is 0.122 e. The molecule has 3 rings (SSSR count). The first kappa shape index (κ1) is 14.9. The van der Waals surface area contributed by atoms with Crippen molar-refractivity contribution in [3.63, 3.8) is 0 Å². The zero-order valence-corrected chi connectivity index (χ0v) is 13.7. The average molecular weight is 287 g/mol. The second-order valence-corrected chi connectivity index (χ2v) is 7.77. The minimum Gasteiger partial charge on any atom is -0.493 e. The van der Waals surface area contributed by atoms with Crippen LogP contribution in [-0.4, -0.2) is 20.2 Å². The summed E-state index contributed by atoms with van der Waals surface area (Å²) in [6, 6.07) is 8.60. The molecule has 0 spiro atoms. The third kappa shape index (κ3) is 3.26. The predicted molar refractivity (Wildman–Crippen MR) is 87.8 cm³/mol. The molecule has 3 unspecified atom stereocenters. The van der Waals surface area contributed by atoms with Crippen molar-refractivity contribution < 1.29 is 4.74 Å². The van der Waals surface area contributed by atoms with E-state index in [4.69, 9.17) is 4.74 Å². The van der Waals surface area contributed by atoms with E-state index >= 15 is 0 Å². The van der Waals surface area contributed by atoms with E-state index in [1.807, 2.05) is 0 Å². The molecule has 1 aromatic carbocycles. The molecular weight excluding hydrogens is 258 g/mol. The molecule has 21 heavy (non-hydrogen) atoms. The van der Waals surface area contributed by atoms with Crippen molar-refractivity contribution in [2.45, 2.75) is 45.4 Å². The largest absolute Gasteiger partial charge is 0.493 e. The number of hydrogen-bond donors (Lipinski definition) is 1. The van der Waals surface area contributed by atoms with E-state index < -0.39 is 0 Å². The lowest BCUT2D eigenvalue weighted by atomic mass is 9.64. The molecule has 1 aliphatic carbocycles. The van der Waals surface area contributed by atoms with Gasteiger partial charge in [-0.1, -0.05) is 32.0 Å². The van der Waals surface area contributed by atoms with Crippen molar-refractivity contribution >= 4 is 0 Å². The molecular formula is C19H29NO. The Labute approximate surface area is 129 Å². The van der Waals surface area contributed by atoms with Gasteiger partial charge in [0.05, 0.1) is 6.61 Å². The molecule has 0 amide bonds. The van der Waals surface area contributed by atoms with E-state index in [-0.39, 0.29) is 0 Å². The molecule has 1 aliphatic heterocycles. The van der Waals surface area contributed by atoms with Crippen LogP contribution in [0.15, 0.2) is 24.3 Å². The van der Waals surface area contributed by atoms with E-state index in [1.165, 1.54) is 31.2 Å². The van der Waals surface area contributed by atoms with Crippen molar-refractivity contribution in [2.24, 2.45) is 17.3 Å². The second kappa shape index (κ2) is 6.00. The van der Waals surface area contributed by atoms with Crippen molar-refractivity contribution in [3.8, 4) is 5.75 Å². The van der Waals surface area contributed by atoms with Crippen LogP contribution in [0.4, 0.5) is 0 Å². The van der Waals surface area contributed by atoms with Crippen LogP contribution < -0.4 is 10.1 Å². The maximum absolute atomic E-state index is 5.88. The number of nitrogens with one attached hydrogen (secondary N) is 1. The molecule has 116 valence electrons. The number of benzene rings is 1. The highest BCUT2D eigenvalue weighted by Gasteiger charge is 2.37. The van der Waals surface area contributed by atoms with Gasteiger partial charge in [0.1, 0.15) is 5.75 Å². The van der Waals surface area contributed by atoms with Gasteiger partial charge in [-0.25, -0.2) is 0 Å². The molecule has 3 atom stereocenters. The van der Waals surface area contributed by atoms with Crippen molar-refractivity contribution in [2.75, 3.05) is 20.2 Å². The van der Waals surface area contributed by atoms with Gasteiger partial charge in [0.15, 0.2) is 0 Å². The summed E-state index contributed by atoms with van der Waals surface area (Å²) in [7, 11) is 2.09. The fraction of sp³-hybridized carbons (Fsp3) is 0.684. The Hall–Kier alpha value is -1.02. The first-order valence-corrected chi connectivity index (χ1v) is 8.45. The van der Waals surface area contributed by atoms with Crippen molar-refractivity contribution in [1.82, 2.24) is 5.32 Å². The minimum absolute atomic E-state index is 0.508. The van der Waals surface area contributed by atoms with E-state index in [0.29, 0.717) is 11.3 Å². The van der Waals surface area contributed by atoms with Gasteiger partial charge in [0.2, 0.25) is 0 Å². The van der Waals surface area contributed by atoms with Crippen LogP contribution in [0.2, 0.25) is 0 Å². The number of para-hydroxylation sites is 1. The Kier molecular flexibility index (Phi) is 4.26. The van der Waals surface area contributed by atoms with Crippen molar-refractivity contribution in [1.29, 1.82) is 0 Å². The molecule has 1 N–H and O–H groups in total. The lowest BCUT2D eigenvalue weighted by molar-refractivity contribution is 0.103. The van der Waals surface area contributed by atoms with Gasteiger partial charge in [-0.15, -0.1) is 0 Å². The molecule has 1 saturated carbocycles. The fourth-order valence-electron chi connectivity index (χ4n) is 4.39. The Bertz CT molecular complexity index is 482. The number of rotatable bonds is 4. The zero-order chi connectivity index (χ0) is 14.9. The summed E-state index contributed by atoms with van der Waals surface area (Å²) in [5.74, 6) is 3.36. The third-order valence-corrected chi connectivity index (χ3v) is 5.53. The molecule has 0 saturated heterocycles. The molecule has 0 radical (unpaired) electrons. The van der Waals surface area contributed by atoms with Gasteiger partial charge in [0, 0.05) is 11.5 Å². The van der Waals surface area contributed by atoms with E-state index in [1.54, 1.807) is 0 Å². The lowest BCUT2D eigenvalue weighted by Crippen LogP contribution is -2.36. The highest BCUT2D eigenvalue weighted by atomic mass is 16.5. The number of ether oxygens (including phenoxy) is 1. The highest BCUT2D eigenvalue weighted by Crippen LogP contribution is 2.47. The molecule has 1 aromatic rings. The van der Waals surface area contributed by atoms with E-state index in [0.717, 1.165) is 30.7 Å². The molecule has 1 fully saturated rings. The minimum atomic E-state index is 0.508. The SMILES string of the molecule is CNCC1CCC(C)(C)CC1CC1COc2ccccc21. The van der Waals surface area contributed by atoms with Gasteiger partial charge in [-0.05, 0) is 62.6 Å². The van der Waals surface area contributed by atoms with Crippen LogP contribution in [0, 0.1) is 17.3 Å². The quantitative estimate of drug-likeness (QED) is 0.895. The summed E-state index contributed by atoms with van der Waals surface area (Å²) in [5, 5.41) is 3.41. The van der Waals surface area contributed by atoms with Crippen LogP contribution in [-0.2, 0) is 0 Å². The summed E-state index contributed by atoms with van der Waals surface area (Å²) >= 11 is 0. The molecule has 2 aliphatic rings. The van der Waals surface area contributed by atoms with Crippen molar-refractivity contribution in [3.05, 3.63) is 29.8 Å². The van der Waals surface area contributed by atoms with E-state index in [9.17, 15) is 0 Å². The maximum atomic E-state index is 5.88. The molecule has 0 aromatic heterocycles. The van der Waals surface area contributed by atoms with E-state index in [2.05, 4.69) is 50.5 Å². The predicted octanol–water partition coefficient (Wildman–Crippen LogP) is 4.21. The van der Waals surface area contributed by atoms with Crippen LogP contribution in [0.25, 0.3) is 0 Å². The summed E-state index contributed by atoms with van der Waals surface area (Å²) in [6.07, 6.45) is 5.38. The molecule has 0 bridgehead atoms. The van der Waals surface area contributed by atoms with Crippen LogP contribution >= 0.6 is 0 Å². The summed E-state index contributed by atoms with van der Waals surface area (Å²) in [4.78, 5) is 0. The third-order valence-electron chi connectivity index (χ3n) is 5.53. The molecule has 2 nitrogen and oxygen atoms in total. The van der Waals surface area contributed by atoms with Crippen LogP contribution in [0.5, 0.6) is 5.75 Å². The van der Waals surface area contributed by atoms with Gasteiger partial charge >= 0.3 is 0 Å². The summed E-state index contributed by atoms with van der Waals surface area (Å²) < 4.78 is 5.88. The zero-order valence-electron chi connectivity index (χ0n) is 13.7. The molecule has 2 heteroatoms.